The van der Waals surface area contributed by atoms with Gasteiger partial charge in [0.15, 0.2) is 0 Å². The van der Waals surface area contributed by atoms with E-state index in [4.69, 9.17) is 27.9 Å². The number of esters is 1. The molecule has 0 aromatic heterocycles. The van der Waals surface area contributed by atoms with Gasteiger partial charge in [-0.05, 0) is 37.1 Å². The Balaban J connectivity index is 2.95. The molecule has 0 fully saturated rings. The zero-order chi connectivity index (χ0) is 10.7. The fourth-order valence-corrected chi connectivity index (χ4v) is 1.29. The minimum Gasteiger partial charge on any atom is -0.426 e. The van der Waals surface area contributed by atoms with Gasteiger partial charge in [0.2, 0.25) is 0 Å². The van der Waals surface area contributed by atoms with Crippen molar-refractivity contribution in [2.75, 3.05) is 5.88 Å². The van der Waals surface area contributed by atoms with E-state index in [-0.39, 0.29) is 5.88 Å². The first-order valence-electron chi connectivity index (χ1n) is 4.08. The van der Waals surface area contributed by atoms with E-state index in [0.29, 0.717) is 10.8 Å². The van der Waals surface area contributed by atoms with Crippen molar-refractivity contribution in [2.45, 2.75) is 13.8 Å². The lowest BCUT2D eigenvalue weighted by molar-refractivity contribution is -0.131. The number of rotatable bonds is 2. The summed E-state index contributed by atoms with van der Waals surface area (Å²) >= 11 is 11.3. The summed E-state index contributed by atoms with van der Waals surface area (Å²) in [6.07, 6.45) is 0. The van der Waals surface area contributed by atoms with Crippen molar-refractivity contribution >= 4 is 29.2 Å². The molecule has 0 N–H and O–H groups in total. The molecule has 0 bridgehead atoms. The normalized spacial score (nSPS) is 10.0. The van der Waals surface area contributed by atoms with Crippen molar-refractivity contribution in [3.8, 4) is 5.75 Å². The largest absolute Gasteiger partial charge is 0.426 e. The molecule has 4 heteroatoms. The average Bonchev–Trinajstić information content (AvgIpc) is 2.14. The van der Waals surface area contributed by atoms with Crippen LogP contribution in [0.15, 0.2) is 12.1 Å². The topological polar surface area (TPSA) is 26.3 Å². The fraction of sp³-hybridized carbons (Fsp3) is 0.300. The van der Waals surface area contributed by atoms with Crippen LogP contribution >= 0.6 is 23.2 Å². The Bertz CT molecular complexity index is 338. The average molecular weight is 233 g/mol. The molecule has 76 valence electrons. The van der Waals surface area contributed by atoms with Crippen LogP contribution in [0, 0.1) is 13.8 Å². The van der Waals surface area contributed by atoms with E-state index >= 15 is 0 Å². The minimum absolute atomic E-state index is 0.152. The van der Waals surface area contributed by atoms with Crippen LogP contribution in [0.25, 0.3) is 0 Å². The maximum Gasteiger partial charge on any atom is 0.326 e. The highest BCUT2D eigenvalue weighted by atomic mass is 35.5. The van der Waals surface area contributed by atoms with Gasteiger partial charge in [-0.1, -0.05) is 11.6 Å². The zero-order valence-corrected chi connectivity index (χ0v) is 9.45. The molecule has 1 aromatic carbocycles. The maximum atomic E-state index is 10.9. The SMILES string of the molecule is Cc1cc(OC(=O)CCl)cc(C)c1Cl. The number of hydrogen-bond donors (Lipinski definition) is 0. The van der Waals surface area contributed by atoms with Crippen LogP contribution in [0.5, 0.6) is 5.75 Å². The molecular formula is C10H10Cl2O2. The molecule has 0 radical (unpaired) electrons. The first-order valence-corrected chi connectivity index (χ1v) is 4.99. The van der Waals surface area contributed by atoms with E-state index in [1.54, 1.807) is 12.1 Å². The summed E-state index contributed by atoms with van der Waals surface area (Å²) in [6, 6.07) is 3.42. The van der Waals surface area contributed by atoms with Crippen LogP contribution in [-0.4, -0.2) is 11.8 Å². The van der Waals surface area contributed by atoms with Crippen molar-refractivity contribution in [3.63, 3.8) is 0 Å². The molecule has 0 spiro atoms. The minimum atomic E-state index is -0.465. The van der Waals surface area contributed by atoms with Gasteiger partial charge in [-0.3, -0.25) is 4.79 Å². The lowest BCUT2D eigenvalue weighted by Crippen LogP contribution is -2.09. The van der Waals surface area contributed by atoms with E-state index in [9.17, 15) is 4.79 Å². The molecule has 0 aliphatic carbocycles. The Labute approximate surface area is 92.8 Å². The van der Waals surface area contributed by atoms with E-state index in [2.05, 4.69) is 0 Å². The highest BCUT2D eigenvalue weighted by Crippen LogP contribution is 2.25. The van der Waals surface area contributed by atoms with Gasteiger partial charge in [0, 0.05) is 5.02 Å². The van der Waals surface area contributed by atoms with Gasteiger partial charge in [-0.2, -0.15) is 0 Å². The first-order chi connectivity index (χ1) is 6.54. The maximum absolute atomic E-state index is 10.9. The molecule has 0 aliphatic rings. The first kappa shape index (κ1) is 11.3. The number of halogens is 2. The van der Waals surface area contributed by atoms with Crippen LogP contribution in [0.2, 0.25) is 5.02 Å². The van der Waals surface area contributed by atoms with E-state index in [1.807, 2.05) is 13.8 Å². The van der Waals surface area contributed by atoms with Crippen LogP contribution in [0.4, 0.5) is 0 Å². The van der Waals surface area contributed by atoms with Gasteiger partial charge in [-0.15, -0.1) is 11.6 Å². The number of carbonyl (C=O) groups excluding carboxylic acids is 1. The molecule has 1 aromatic rings. The fourth-order valence-electron chi connectivity index (χ4n) is 1.12. The monoisotopic (exact) mass is 232 g/mol. The Morgan fingerprint density at radius 3 is 2.29 bits per heavy atom. The van der Waals surface area contributed by atoms with Crippen LogP contribution in [-0.2, 0) is 4.79 Å². The van der Waals surface area contributed by atoms with Crippen molar-refractivity contribution in [3.05, 3.63) is 28.3 Å². The Kier molecular flexibility index (Phi) is 3.78. The van der Waals surface area contributed by atoms with E-state index in [0.717, 1.165) is 11.1 Å². The molecule has 2 nitrogen and oxygen atoms in total. The summed E-state index contributed by atoms with van der Waals surface area (Å²) in [5.74, 6) is -0.136. The van der Waals surface area contributed by atoms with E-state index in [1.165, 1.54) is 0 Å². The van der Waals surface area contributed by atoms with Gasteiger partial charge in [-0.25, -0.2) is 0 Å². The summed E-state index contributed by atoms with van der Waals surface area (Å²) in [5.41, 5.74) is 1.76. The van der Waals surface area contributed by atoms with Gasteiger partial charge in [0.1, 0.15) is 11.6 Å². The predicted octanol–water partition coefficient (Wildman–Crippen LogP) is 3.10. The van der Waals surface area contributed by atoms with Crippen LogP contribution in [0.3, 0.4) is 0 Å². The molecule has 14 heavy (non-hydrogen) atoms. The third kappa shape index (κ3) is 2.63. The molecule has 0 saturated heterocycles. The molecule has 0 aliphatic heterocycles. The van der Waals surface area contributed by atoms with Gasteiger partial charge < -0.3 is 4.74 Å². The Morgan fingerprint density at radius 1 is 1.36 bits per heavy atom. The smallest absolute Gasteiger partial charge is 0.326 e. The van der Waals surface area contributed by atoms with Crippen molar-refractivity contribution in [1.82, 2.24) is 0 Å². The number of aryl methyl sites for hydroxylation is 2. The third-order valence-corrected chi connectivity index (χ3v) is 2.57. The van der Waals surface area contributed by atoms with E-state index < -0.39 is 5.97 Å². The standard InChI is InChI=1S/C10H10Cl2O2/c1-6-3-8(14-9(13)5-11)4-7(2)10(6)12/h3-4H,5H2,1-2H3. The van der Waals surface area contributed by atoms with Gasteiger partial charge in [0.25, 0.3) is 0 Å². The highest BCUT2D eigenvalue weighted by molar-refractivity contribution is 6.32. The predicted molar refractivity (Wildman–Crippen MR) is 57.3 cm³/mol. The number of carbonyl (C=O) groups is 1. The van der Waals surface area contributed by atoms with Gasteiger partial charge in [0.05, 0.1) is 0 Å². The molecular weight excluding hydrogens is 223 g/mol. The van der Waals surface area contributed by atoms with Crippen molar-refractivity contribution in [1.29, 1.82) is 0 Å². The van der Waals surface area contributed by atoms with Crippen LogP contribution < -0.4 is 4.74 Å². The third-order valence-electron chi connectivity index (χ3n) is 1.75. The molecule has 1 rings (SSSR count). The lowest BCUT2D eigenvalue weighted by Gasteiger charge is -2.07. The molecule has 0 saturated carbocycles. The second-order valence-corrected chi connectivity index (χ2v) is 3.62. The molecule has 0 amide bonds. The lowest BCUT2D eigenvalue weighted by atomic mass is 10.1. The van der Waals surface area contributed by atoms with Gasteiger partial charge >= 0.3 is 5.97 Å². The molecule has 0 heterocycles. The quantitative estimate of drug-likeness (QED) is 0.445. The number of ether oxygens (including phenoxy) is 1. The number of benzene rings is 1. The summed E-state index contributed by atoms with van der Waals surface area (Å²) in [6.45, 7) is 3.71. The van der Waals surface area contributed by atoms with Crippen molar-refractivity contribution < 1.29 is 9.53 Å². The summed E-state index contributed by atoms with van der Waals surface area (Å²) < 4.78 is 4.95. The van der Waals surface area contributed by atoms with Crippen molar-refractivity contribution in [2.24, 2.45) is 0 Å². The summed E-state index contributed by atoms with van der Waals surface area (Å²) in [4.78, 5) is 10.9. The molecule has 0 atom stereocenters. The van der Waals surface area contributed by atoms with Crippen LogP contribution in [0.1, 0.15) is 11.1 Å². The number of alkyl halides is 1. The molecule has 0 unspecified atom stereocenters. The summed E-state index contributed by atoms with van der Waals surface area (Å²) in [7, 11) is 0. The second-order valence-electron chi connectivity index (χ2n) is 2.98. The number of hydrogen-bond acceptors (Lipinski definition) is 2. The zero-order valence-electron chi connectivity index (χ0n) is 7.93. The Morgan fingerprint density at radius 2 is 1.86 bits per heavy atom. The highest BCUT2D eigenvalue weighted by Gasteiger charge is 2.06. The summed E-state index contributed by atoms with van der Waals surface area (Å²) in [5, 5.41) is 0.690. The second kappa shape index (κ2) is 4.67. The Hall–Kier alpha value is -0.730.